The van der Waals surface area contributed by atoms with Crippen LogP contribution >= 0.6 is 0 Å². The van der Waals surface area contributed by atoms with E-state index in [1.807, 2.05) is 6.07 Å². The molecule has 53 valence electrons. The van der Waals surface area contributed by atoms with E-state index < -0.39 is 11.6 Å². The number of nitrogens with one attached hydrogen (secondary N) is 1. The molecule has 0 spiro atoms. The van der Waals surface area contributed by atoms with Crippen LogP contribution < -0.4 is 5.32 Å². The lowest BCUT2D eigenvalue weighted by molar-refractivity contribution is 0.580. The van der Waals surface area contributed by atoms with Crippen molar-refractivity contribution in [3.63, 3.8) is 0 Å². The summed E-state index contributed by atoms with van der Waals surface area (Å²) in [6.45, 7) is 0. The lowest BCUT2D eigenvalue weighted by Crippen LogP contribution is -1.90. The van der Waals surface area contributed by atoms with Crippen molar-refractivity contribution in [1.29, 1.82) is 0 Å². The Labute approximate surface area is 57.7 Å². The highest BCUT2D eigenvalue weighted by Gasteiger charge is 1.97. The average Bonchev–Trinajstić information content (AvgIpc) is 1.85. The van der Waals surface area contributed by atoms with Gasteiger partial charge in [0.2, 0.25) is 0 Å². The van der Waals surface area contributed by atoms with E-state index in [0.717, 1.165) is 0 Å². The van der Waals surface area contributed by atoms with Crippen LogP contribution in [0.25, 0.3) is 0 Å². The number of benzene rings is 1. The molecule has 0 heterocycles. The van der Waals surface area contributed by atoms with Gasteiger partial charge in [-0.05, 0) is 12.1 Å². The minimum atomic E-state index is -0.690. The topological polar surface area (TPSA) is 12.0 Å². The fraction of sp³-hybridized carbons (Fsp3) is 0.143. The van der Waals surface area contributed by atoms with Crippen LogP contribution in [-0.2, 0) is 0 Å². The molecule has 10 heavy (non-hydrogen) atoms. The molecule has 0 saturated heterocycles. The van der Waals surface area contributed by atoms with E-state index in [1.54, 1.807) is 7.05 Å². The van der Waals surface area contributed by atoms with E-state index in [0.29, 0.717) is 5.69 Å². The smallest absolute Gasteiger partial charge is 0.136 e. The molecule has 1 rings (SSSR count). The summed E-state index contributed by atoms with van der Waals surface area (Å²) in [6, 6.07) is 4.21. The zero-order valence-corrected chi connectivity index (χ0v) is 5.41. The standard InChI is InChI=1S/C7H6F2N/c1-10-7-3-5(8)2-6(9)4-7/h3-4,10H,1H3. The van der Waals surface area contributed by atoms with Gasteiger partial charge in [0.05, 0.1) is 6.07 Å². The Kier molecular flexibility index (Phi) is 1.85. The fourth-order valence-corrected chi connectivity index (χ4v) is 0.645. The van der Waals surface area contributed by atoms with Crippen molar-refractivity contribution in [3.05, 3.63) is 29.8 Å². The van der Waals surface area contributed by atoms with E-state index in [1.165, 1.54) is 12.1 Å². The van der Waals surface area contributed by atoms with Crippen LogP contribution in [0.5, 0.6) is 0 Å². The first-order chi connectivity index (χ1) is 4.72. The van der Waals surface area contributed by atoms with Gasteiger partial charge in [-0.3, -0.25) is 0 Å². The first kappa shape index (κ1) is 6.99. The van der Waals surface area contributed by atoms with Gasteiger partial charge in [-0.2, -0.15) is 0 Å². The van der Waals surface area contributed by atoms with Crippen LogP contribution in [-0.4, -0.2) is 7.05 Å². The fourth-order valence-electron chi connectivity index (χ4n) is 0.645. The third-order valence-electron chi connectivity index (χ3n) is 1.09. The summed E-state index contributed by atoms with van der Waals surface area (Å²) in [5, 5.41) is 2.61. The van der Waals surface area contributed by atoms with Crippen molar-refractivity contribution in [3.8, 4) is 0 Å². The minimum absolute atomic E-state index is 0.411. The maximum Gasteiger partial charge on any atom is 0.136 e. The Hall–Kier alpha value is -1.12. The maximum atomic E-state index is 12.3. The Morgan fingerprint density at radius 1 is 1.30 bits per heavy atom. The third-order valence-corrected chi connectivity index (χ3v) is 1.09. The zero-order chi connectivity index (χ0) is 7.56. The molecule has 0 aliphatic rings. The van der Waals surface area contributed by atoms with Gasteiger partial charge >= 0.3 is 0 Å². The average molecular weight is 142 g/mol. The zero-order valence-electron chi connectivity index (χ0n) is 5.41. The summed E-state index contributed by atoms with van der Waals surface area (Å²) < 4.78 is 24.6. The normalized spacial score (nSPS) is 9.50. The summed E-state index contributed by atoms with van der Waals surface area (Å²) in [5.74, 6) is -1.38. The van der Waals surface area contributed by atoms with E-state index in [4.69, 9.17) is 0 Å². The number of halogens is 2. The molecule has 3 heteroatoms. The number of hydrogen-bond acceptors (Lipinski definition) is 1. The summed E-state index contributed by atoms with van der Waals surface area (Å²) in [5.41, 5.74) is 0.411. The molecule has 1 nitrogen and oxygen atoms in total. The van der Waals surface area contributed by atoms with Gasteiger partial charge in [-0.15, -0.1) is 0 Å². The van der Waals surface area contributed by atoms with Gasteiger partial charge in [0.1, 0.15) is 11.6 Å². The summed E-state index contributed by atoms with van der Waals surface area (Å²) in [7, 11) is 1.59. The molecular formula is C7H6F2N. The number of rotatable bonds is 1. The molecule has 0 aliphatic carbocycles. The van der Waals surface area contributed by atoms with E-state index in [-0.39, 0.29) is 0 Å². The molecule has 1 aromatic rings. The second-order valence-corrected chi connectivity index (χ2v) is 1.81. The molecule has 0 aromatic heterocycles. The SMILES string of the molecule is CNc1cc(F)[c]c(F)c1. The molecule has 0 atom stereocenters. The van der Waals surface area contributed by atoms with Crippen molar-refractivity contribution in [2.45, 2.75) is 0 Å². The second-order valence-electron chi connectivity index (χ2n) is 1.81. The molecular weight excluding hydrogens is 136 g/mol. The Morgan fingerprint density at radius 2 is 1.80 bits per heavy atom. The van der Waals surface area contributed by atoms with E-state index in [2.05, 4.69) is 5.32 Å². The Balaban J connectivity index is 3.06. The first-order valence-corrected chi connectivity index (χ1v) is 2.78. The van der Waals surface area contributed by atoms with Crippen molar-refractivity contribution >= 4 is 5.69 Å². The predicted molar refractivity (Wildman–Crippen MR) is 34.7 cm³/mol. The first-order valence-electron chi connectivity index (χ1n) is 2.78. The quantitative estimate of drug-likeness (QED) is 0.630. The third kappa shape index (κ3) is 1.43. The predicted octanol–water partition coefficient (Wildman–Crippen LogP) is 1.81. The van der Waals surface area contributed by atoms with Crippen molar-refractivity contribution in [1.82, 2.24) is 0 Å². The van der Waals surface area contributed by atoms with Gasteiger partial charge in [0.15, 0.2) is 0 Å². The van der Waals surface area contributed by atoms with Crippen LogP contribution in [0.4, 0.5) is 14.5 Å². The molecule has 1 radical (unpaired) electrons. The number of anilines is 1. The van der Waals surface area contributed by atoms with Gasteiger partial charge in [-0.1, -0.05) is 0 Å². The summed E-state index contributed by atoms with van der Waals surface area (Å²) >= 11 is 0. The molecule has 1 aromatic carbocycles. The molecule has 0 bridgehead atoms. The van der Waals surface area contributed by atoms with Crippen LogP contribution in [0.15, 0.2) is 12.1 Å². The summed E-state index contributed by atoms with van der Waals surface area (Å²) in [4.78, 5) is 0. The molecule has 0 fully saturated rings. The minimum Gasteiger partial charge on any atom is -0.388 e. The molecule has 0 amide bonds. The molecule has 1 N–H and O–H groups in total. The molecule has 0 saturated carbocycles. The van der Waals surface area contributed by atoms with Crippen LogP contribution in [0, 0.1) is 17.7 Å². The van der Waals surface area contributed by atoms with Gasteiger partial charge < -0.3 is 5.32 Å². The summed E-state index contributed by atoms with van der Waals surface area (Å²) in [6.07, 6.45) is 0. The lowest BCUT2D eigenvalue weighted by Gasteiger charge is -1.97. The molecule has 0 unspecified atom stereocenters. The monoisotopic (exact) mass is 142 g/mol. The van der Waals surface area contributed by atoms with Gasteiger partial charge in [0.25, 0.3) is 0 Å². The van der Waals surface area contributed by atoms with Crippen LogP contribution in [0.2, 0.25) is 0 Å². The highest BCUT2D eigenvalue weighted by molar-refractivity contribution is 5.42. The van der Waals surface area contributed by atoms with Gasteiger partial charge in [0, 0.05) is 12.7 Å². The van der Waals surface area contributed by atoms with Crippen molar-refractivity contribution in [2.75, 3.05) is 12.4 Å². The number of hydrogen-bond donors (Lipinski definition) is 1. The Bertz CT molecular complexity index is 215. The van der Waals surface area contributed by atoms with Crippen molar-refractivity contribution < 1.29 is 8.78 Å². The van der Waals surface area contributed by atoms with Gasteiger partial charge in [-0.25, -0.2) is 8.78 Å². The highest BCUT2D eigenvalue weighted by Crippen LogP contribution is 2.10. The maximum absolute atomic E-state index is 12.3. The molecule has 0 aliphatic heterocycles. The lowest BCUT2D eigenvalue weighted by atomic mass is 10.3. The van der Waals surface area contributed by atoms with Crippen LogP contribution in [0.3, 0.4) is 0 Å². The highest BCUT2D eigenvalue weighted by atomic mass is 19.1. The Morgan fingerprint density at radius 3 is 2.20 bits per heavy atom. The van der Waals surface area contributed by atoms with Crippen molar-refractivity contribution in [2.24, 2.45) is 0 Å². The van der Waals surface area contributed by atoms with Crippen LogP contribution in [0.1, 0.15) is 0 Å². The largest absolute Gasteiger partial charge is 0.388 e. The van der Waals surface area contributed by atoms with E-state index in [9.17, 15) is 8.78 Å². The second kappa shape index (κ2) is 2.64. The van der Waals surface area contributed by atoms with E-state index >= 15 is 0 Å².